The molecule has 4 saturated carbocycles. The van der Waals surface area contributed by atoms with Crippen molar-refractivity contribution in [2.45, 2.75) is 11.8 Å². The van der Waals surface area contributed by atoms with Crippen molar-refractivity contribution in [3.63, 3.8) is 0 Å². The molecule has 7 rings (SSSR count). The molecular weight excluding hydrogens is 194 g/mol. The summed E-state index contributed by atoms with van der Waals surface area (Å²) in [5.74, 6) is 8.03. The van der Waals surface area contributed by atoms with Crippen molar-refractivity contribution in [1.82, 2.24) is 0 Å². The SMILES string of the molecule is N#Cc1cccc2c1C1[C@H]3C4C5[C@H]3C2[C@H]5[C@@H]14. The lowest BCUT2D eigenvalue weighted by molar-refractivity contribution is -0.407. The summed E-state index contributed by atoms with van der Waals surface area (Å²) < 4.78 is 0. The van der Waals surface area contributed by atoms with Gasteiger partial charge in [0.15, 0.2) is 0 Å². The van der Waals surface area contributed by atoms with Crippen LogP contribution in [0.4, 0.5) is 0 Å². The molecule has 0 aromatic heterocycles. The molecule has 6 aliphatic rings. The maximum Gasteiger partial charge on any atom is 0.0994 e. The molecule has 4 atom stereocenters. The Labute approximate surface area is 94.1 Å². The summed E-state index contributed by atoms with van der Waals surface area (Å²) in [6, 6.07) is 8.85. The van der Waals surface area contributed by atoms with Gasteiger partial charge in [-0.2, -0.15) is 5.26 Å². The maximum atomic E-state index is 9.26. The Bertz CT molecular complexity index is 590. The Hall–Kier alpha value is -1.29. The second kappa shape index (κ2) is 1.74. The first-order chi connectivity index (χ1) is 7.93. The van der Waals surface area contributed by atoms with Gasteiger partial charge in [0.1, 0.15) is 0 Å². The van der Waals surface area contributed by atoms with Gasteiger partial charge < -0.3 is 0 Å². The van der Waals surface area contributed by atoms with E-state index in [4.69, 9.17) is 0 Å². The van der Waals surface area contributed by atoms with Gasteiger partial charge in [0.05, 0.1) is 11.6 Å². The number of benzene rings is 1. The number of hydrogen-bond acceptors (Lipinski definition) is 1. The summed E-state index contributed by atoms with van der Waals surface area (Å²) in [6.07, 6.45) is 0. The first-order valence-electron chi connectivity index (χ1n) is 6.46. The van der Waals surface area contributed by atoms with Crippen LogP contribution in [0.2, 0.25) is 0 Å². The summed E-state index contributed by atoms with van der Waals surface area (Å²) in [6.45, 7) is 0. The summed E-state index contributed by atoms with van der Waals surface area (Å²) in [5.41, 5.74) is 4.03. The van der Waals surface area contributed by atoms with Gasteiger partial charge in [0.25, 0.3) is 0 Å². The molecule has 1 aromatic carbocycles. The van der Waals surface area contributed by atoms with E-state index in [0.717, 1.165) is 52.9 Å². The van der Waals surface area contributed by atoms with Crippen molar-refractivity contribution < 1.29 is 0 Å². The van der Waals surface area contributed by atoms with E-state index in [0.29, 0.717) is 0 Å². The fraction of sp³-hybridized carbons (Fsp3) is 0.533. The first-order valence-corrected chi connectivity index (χ1v) is 6.46. The average molecular weight is 205 g/mol. The van der Waals surface area contributed by atoms with Crippen LogP contribution in [-0.4, -0.2) is 0 Å². The predicted molar refractivity (Wildman–Crippen MR) is 57.6 cm³/mol. The van der Waals surface area contributed by atoms with E-state index in [1.165, 1.54) is 5.56 Å². The molecule has 0 spiro atoms. The summed E-state index contributed by atoms with van der Waals surface area (Å²) in [4.78, 5) is 0. The Kier molecular flexibility index (Phi) is 0.773. The largest absolute Gasteiger partial charge is 0.192 e. The zero-order valence-corrected chi connectivity index (χ0v) is 8.80. The Morgan fingerprint density at radius 3 is 2.25 bits per heavy atom. The van der Waals surface area contributed by atoms with E-state index in [-0.39, 0.29) is 0 Å². The monoisotopic (exact) mass is 205 g/mol. The van der Waals surface area contributed by atoms with E-state index < -0.39 is 0 Å². The Morgan fingerprint density at radius 2 is 1.56 bits per heavy atom. The second-order valence-electron chi connectivity index (χ2n) is 6.44. The molecule has 76 valence electrons. The van der Waals surface area contributed by atoms with E-state index in [1.807, 2.05) is 6.07 Å². The molecule has 0 radical (unpaired) electrons. The van der Waals surface area contributed by atoms with Gasteiger partial charge in [-0.15, -0.1) is 0 Å². The molecule has 1 nitrogen and oxygen atoms in total. The van der Waals surface area contributed by atoms with Crippen LogP contribution in [-0.2, 0) is 0 Å². The number of nitriles is 1. The molecule has 4 fully saturated rings. The fourth-order valence-corrected chi connectivity index (χ4v) is 6.56. The molecule has 0 saturated heterocycles. The van der Waals surface area contributed by atoms with Crippen LogP contribution in [0.5, 0.6) is 0 Å². The van der Waals surface area contributed by atoms with Gasteiger partial charge in [-0.3, -0.25) is 0 Å². The average Bonchev–Trinajstić information content (AvgIpc) is 2.29. The van der Waals surface area contributed by atoms with E-state index in [1.54, 1.807) is 5.56 Å². The fourth-order valence-electron chi connectivity index (χ4n) is 6.56. The number of hydrogen-bond donors (Lipinski definition) is 0. The lowest BCUT2D eigenvalue weighted by Crippen LogP contribution is -2.87. The predicted octanol–water partition coefficient (Wildman–Crippen LogP) is 2.49. The number of rotatable bonds is 0. The summed E-state index contributed by atoms with van der Waals surface area (Å²) >= 11 is 0. The van der Waals surface area contributed by atoms with Crippen molar-refractivity contribution in [2.75, 3.05) is 0 Å². The lowest BCUT2D eigenvalue weighted by atomic mass is 9.11. The molecule has 0 unspecified atom stereocenters. The zero-order valence-electron chi connectivity index (χ0n) is 8.80. The van der Waals surface area contributed by atoms with Gasteiger partial charge in [0, 0.05) is 0 Å². The highest BCUT2D eigenvalue weighted by Gasteiger charge is 2.88. The molecule has 2 bridgehead atoms. The molecule has 1 heteroatoms. The Morgan fingerprint density at radius 1 is 0.875 bits per heavy atom. The minimum Gasteiger partial charge on any atom is -0.192 e. The zero-order chi connectivity index (χ0) is 10.2. The van der Waals surface area contributed by atoms with Gasteiger partial charge in [-0.05, 0) is 64.5 Å². The highest BCUT2D eigenvalue weighted by molar-refractivity contribution is 5.60. The number of nitrogens with zero attached hydrogens (tertiary/aromatic N) is 1. The Balaban J connectivity index is 1.72. The van der Waals surface area contributed by atoms with E-state index in [9.17, 15) is 5.26 Å². The quantitative estimate of drug-likeness (QED) is 0.638. The molecule has 0 heterocycles. The summed E-state index contributed by atoms with van der Waals surface area (Å²) in [7, 11) is 0. The van der Waals surface area contributed by atoms with Gasteiger partial charge in [-0.1, -0.05) is 12.1 Å². The van der Waals surface area contributed by atoms with Crippen molar-refractivity contribution in [1.29, 1.82) is 5.26 Å². The van der Waals surface area contributed by atoms with Crippen LogP contribution in [0.15, 0.2) is 18.2 Å². The second-order valence-corrected chi connectivity index (χ2v) is 6.44. The maximum absolute atomic E-state index is 9.26. The van der Waals surface area contributed by atoms with Crippen molar-refractivity contribution in [3.8, 4) is 6.07 Å². The van der Waals surface area contributed by atoms with Crippen LogP contribution < -0.4 is 0 Å². The van der Waals surface area contributed by atoms with Crippen molar-refractivity contribution >= 4 is 0 Å². The molecular formula is C15H11N. The van der Waals surface area contributed by atoms with Gasteiger partial charge in [-0.25, -0.2) is 0 Å². The normalized spacial score (nSPS) is 59.2. The van der Waals surface area contributed by atoms with Crippen LogP contribution in [0, 0.1) is 46.8 Å². The third-order valence-corrected chi connectivity index (χ3v) is 6.72. The summed E-state index contributed by atoms with van der Waals surface area (Å²) in [5, 5.41) is 9.26. The molecule has 0 amide bonds. The minimum atomic E-state index is 0.806. The standard InChI is InChI=1S/C15H11N/c16-4-5-2-1-3-6-7(5)9-12-10-8(6)11-13(9)15(12)14(10)11/h1-3,8-15H/t8?,9?,10-,11-,12+,13+,14?,15?/m0/s1. The third kappa shape index (κ3) is 0.392. The van der Waals surface area contributed by atoms with Crippen molar-refractivity contribution in [3.05, 3.63) is 34.9 Å². The van der Waals surface area contributed by atoms with E-state index in [2.05, 4.69) is 18.2 Å². The highest BCUT2D eigenvalue weighted by atomic mass is 14.9. The van der Waals surface area contributed by atoms with Crippen LogP contribution in [0.3, 0.4) is 0 Å². The molecule has 16 heavy (non-hydrogen) atoms. The van der Waals surface area contributed by atoms with E-state index >= 15 is 0 Å². The molecule has 1 aromatic rings. The van der Waals surface area contributed by atoms with Crippen LogP contribution >= 0.6 is 0 Å². The smallest absolute Gasteiger partial charge is 0.0994 e. The highest BCUT2D eigenvalue weighted by Crippen LogP contribution is 2.94. The topological polar surface area (TPSA) is 23.8 Å². The molecule has 6 aliphatic carbocycles. The van der Waals surface area contributed by atoms with Gasteiger partial charge in [0.2, 0.25) is 0 Å². The van der Waals surface area contributed by atoms with Crippen LogP contribution in [0.25, 0.3) is 0 Å². The minimum absolute atomic E-state index is 0.806. The third-order valence-electron chi connectivity index (χ3n) is 6.72. The molecule has 0 N–H and O–H groups in total. The molecule has 0 aliphatic heterocycles. The van der Waals surface area contributed by atoms with Crippen LogP contribution in [0.1, 0.15) is 28.5 Å². The van der Waals surface area contributed by atoms with Crippen molar-refractivity contribution in [2.24, 2.45) is 35.5 Å². The van der Waals surface area contributed by atoms with Gasteiger partial charge >= 0.3 is 0 Å². The lowest BCUT2D eigenvalue weighted by Gasteiger charge is -2.93. The first kappa shape index (κ1) is 7.12.